The second kappa shape index (κ2) is 8.47. The first-order chi connectivity index (χ1) is 10.7. The lowest BCUT2D eigenvalue weighted by Gasteiger charge is -2.12. The van der Waals surface area contributed by atoms with Crippen LogP contribution in [0.25, 0.3) is 11.1 Å². The van der Waals surface area contributed by atoms with Gasteiger partial charge in [0.15, 0.2) is 0 Å². The molecule has 0 saturated heterocycles. The van der Waals surface area contributed by atoms with E-state index in [2.05, 4.69) is 19.1 Å². The summed E-state index contributed by atoms with van der Waals surface area (Å²) in [7, 11) is 1.71. The fourth-order valence-electron chi connectivity index (χ4n) is 2.75. The zero-order valence-corrected chi connectivity index (χ0v) is 13.6. The van der Waals surface area contributed by atoms with Crippen molar-refractivity contribution in [2.75, 3.05) is 7.11 Å². The fraction of sp³-hybridized carbons (Fsp3) is 0.400. The van der Waals surface area contributed by atoms with Crippen LogP contribution >= 0.6 is 0 Å². The number of phenolic OH excluding ortho intramolecular Hbond substituents is 1. The first kappa shape index (κ1) is 16.4. The van der Waals surface area contributed by atoms with Gasteiger partial charge in [0.05, 0.1) is 7.11 Å². The Morgan fingerprint density at radius 1 is 0.909 bits per heavy atom. The number of aromatic hydroxyl groups is 1. The minimum atomic E-state index is 0.304. The molecule has 22 heavy (non-hydrogen) atoms. The first-order valence-corrected chi connectivity index (χ1v) is 8.21. The summed E-state index contributed by atoms with van der Waals surface area (Å²) in [5.41, 5.74) is 3.70. The number of methoxy groups -OCH3 is 1. The Morgan fingerprint density at radius 3 is 2.32 bits per heavy atom. The first-order valence-electron chi connectivity index (χ1n) is 8.21. The largest absolute Gasteiger partial charge is 0.508 e. The average molecular weight is 298 g/mol. The quantitative estimate of drug-likeness (QED) is 0.644. The molecule has 2 heteroatoms. The van der Waals surface area contributed by atoms with Crippen molar-refractivity contribution in [2.24, 2.45) is 0 Å². The van der Waals surface area contributed by atoms with E-state index in [1.807, 2.05) is 18.2 Å². The molecule has 118 valence electrons. The minimum Gasteiger partial charge on any atom is -0.508 e. The predicted octanol–water partition coefficient (Wildman–Crippen LogP) is 5.58. The standard InChI is InChI=1S/C20H26O2/c1-3-4-5-6-7-8-17-15-19(22-2)13-14-20(17)16-9-11-18(21)12-10-16/h9-15,21H,3-8H2,1-2H3. The van der Waals surface area contributed by atoms with Gasteiger partial charge in [-0.3, -0.25) is 0 Å². The molecule has 2 rings (SSSR count). The second-order valence-electron chi connectivity index (χ2n) is 5.73. The molecule has 0 bridgehead atoms. The normalized spacial score (nSPS) is 10.6. The molecule has 0 aliphatic rings. The van der Waals surface area contributed by atoms with E-state index in [1.165, 1.54) is 43.2 Å². The number of hydrogen-bond donors (Lipinski definition) is 1. The highest BCUT2D eigenvalue weighted by atomic mass is 16.5. The van der Waals surface area contributed by atoms with E-state index >= 15 is 0 Å². The smallest absolute Gasteiger partial charge is 0.119 e. The van der Waals surface area contributed by atoms with Crippen molar-refractivity contribution >= 4 is 0 Å². The molecule has 2 nitrogen and oxygen atoms in total. The number of hydrogen-bond acceptors (Lipinski definition) is 2. The van der Waals surface area contributed by atoms with Crippen LogP contribution in [0.3, 0.4) is 0 Å². The van der Waals surface area contributed by atoms with Crippen molar-refractivity contribution in [3.05, 3.63) is 48.0 Å². The summed E-state index contributed by atoms with van der Waals surface area (Å²) in [5.74, 6) is 1.21. The molecule has 0 fully saturated rings. The molecule has 0 aromatic heterocycles. The third-order valence-electron chi connectivity index (χ3n) is 4.04. The molecule has 0 atom stereocenters. The summed E-state index contributed by atoms with van der Waals surface area (Å²) in [5, 5.41) is 9.46. The van der Waals surface area contributed by atoms with E-state index in [-0.39, 0.29) is 0 Å². The SMILES string of the molecule is CCCCCCCc1cc(OC)ccc1-c1ccc(O)cc1. The zero-order valence-electron chi connectivity index (χ0n) is 13.6. The van der Waals surface area contributed by atoms with E-state index in [4.69, 9.17) is 4.74 Å². The molecule has 2 aromatic rings. The van der Waals surface area contributed by atoms with Crippen molar-refractivity contribution in [1.29, 1.82) is 0 Å². The van der Waals surface area contributed by atoms with Crippen LogP contribution in [-0.4, -0.2) is 12.2 Å². The summed E-state index contributed by atoms with van der Waals surface area (Å²) in [6.07, 6.45) is 7.46. The molecule has 0 heterocycles. The van der Waals surface area contributed by atoms with Gasteiger partial charge in [-0.1, -0.05) is 50.8 Å². The van der Waals surface area contributed by atoms with Gasteiger partial charge in [0.25, 0.3) is 0 Å². The van der Waals surface area contributed by atoms with Gasteiger partial charge in [0.1, 0.15) is 11.5 Å². The van der Waals surface area contributed by atoms with Crippen LogP contribution < -0.4 is 4.74 Å². The van der Waals surface area contributed by atoms with Crippen LogP contribution in [0.5, 0.6) is 11.5 Å². The van der Waals surface area contributed by atoms with Gasteiger partial charge in [-0.2, -0.15) is 0 Å². The minimum absolute atomic E-state index is 0.304. The van der Waals surface area contributed by atoms with Crippen LogP contribution in [0, 0.1) is 0 Å². The Balaban J connectivity index is 2.15. The highest BCUT2D eigenvalue weighted by molar-refractivity contribution is 5.69. The molecule has 1 N–H and O–H groups in total. The average Bonchev–Trinajstić information content (AvgIpc) is 2.55. The number of unbranched alkanes of at least 4 members (excludes halogenated alkanes) is 4. The van der Waals surface area contributed by atoms with Gasteiger partial charge in [-0.25, -0.2) is 0 Å². The monoisotopic (exact) mass is 298 g/mol. The maximum Gasteiger partial charge on any atom is 0.119 e. The zero-order chi connectivity index (χ0) is 15.8. The van der Waals surface area contributed by atoms with E-state index in [0.717, 1.165) is 17.7 Å². The summed E-state index contributed by atoms with van der Waals surface area (Å²) in [6, 6.07) is 13.7. The summed E-state index contributed by atoms with van der Waals surface area (Å²) in [4.78, 5) is 0. The van der Waals surface area contributed by atoms with E-state index < -0.39 is 0 Å². The Labute approximate surface area is 133 Å². The van der Waals surface area contributed by atoms with Crippen LogP contribution in [0.15, 0.2) is 42.5 Å². The third-order valence-corrected chi connectivity index (χ3v) is 4.04. The van der Waals surface area contributed by atoms with Crippen molar-refractivity contribution in [3.8, 4) is 22.6 Å². The molecule has 0 aliphatic carbocycles. The van der Waals surface area contributed by atoms with Gasteiger partial charge in [0.2, 0.25) is 0 Å². The van der Waals surface area contributed by atoms with Crippen LogP contribution in [0.2, 0.25) is 0 Å². The lowest BCUT2D eigenvalue weighted by Crippen LogP contribution is -1.93. The fourth-order valence-corrected chi connectivity index (χ4v) is 2.75. The Hall–Kier alpha value is -1.96. The molecule has 0 saturated carbocycles. The number of phenols is 1. The van der Waals surface area contributed by atoms with Crippen molar-refractivity contribution in [3.63, 3.8) is 0 Å². The van der Waals surface area contributed by atoms with E-state index in [9.17, 15) is 5.11 Å². The van der Waals surface area contributed by atoms with E-state index in [0.29, 0.717) is 5.75 Å². The van der Waals surface area contributed by atoms with E-state index in [1.54, 1.807) is 19.2 Å². The highest BCUT2D eigenvalue weighted by Crippen LogP contribution is 2.30. The van der Waals surface area contributed by atoms with Gasteiger partial charge >= 0.3 is 0 Å². The van der Waals surface area contributed by atoms with Crippen molar-refractivity contribution < 1.29 is 9.84 Å². The maximum atomic E-state index is 9.46. The highest BCUT2D eigenvalue weighted by Gasteiger charge is 2.07. The molecular weight excluding hydrogens is 272 g/mol. The number of benzene rings is 2. The Kier molecular flexibility index (Phi) is 6.32. The number of ether oxygens (including phenoxy) is 1. The third kappa shape index (κ3) is 4.52. The molecule has 0 amide bonds. The maximum absolute atomic E-state index is 9.46. The summed E-state index contributed by atoms with van der Waals surface area (Å²) < 4.78 is 5.37. The van der Waals surface area contributed by atoms with Gasteiger partial charge in [-0.05, 0) is 53.8 Å². The van der Waals surface area contributed by atoms with Gasteiger partial charge < -0.3 is 9.84 Å². The Morgan fingerprint density at radius 2 is 1.64 bits per heavy atom. The van der Waals surface area contributed by atoms with Crippen LogP contribution in [-0.2, 0) is 6.42 Å². The Bertz CT molecular complexity index is 573. The van der Waals surface area contributed by atoms with Crippen molar-refractivity contribution in [2.45, 2.75) is 45.4 Å². The summed E-state index contributed by atoms with van der Waals surface area (Å²) >= 11 is 0. The molecule has 0 spiro atoms. The van der Waals surface area contributed by atoms with Crippen molar-refractivity contribution in [1.82, 2.24) is 0 Å². The predicted molar refractivity (Wildman–Crippen MR) is 92.6 cm³/mol. The molecular formula is C20H26O2. The van der Waals surface area contributed by atoms with Crippen LogP contribution in [0.4, 0.5) is 0 Å². The lowest BCUT2D eigenvalue weighted by molar-refractivity contribution is 0.414. The van der Waals surface area contributed by atoms with Gasteiger partial charge in [-0.15, -0.1) is 0 Å². The molecule has 2 aromatic carbocycles. The van der Waals surface area contributed by atoms with Gasteiger partial charge in [0, 0.05) is 0 Å². The van der Waals surface area contributed by atoms with Crippen LogP contribution in [0.1, 0.15) is 44.6 Å². The number of aryl methyl sites for hydroxylation is 1. The molecule has 0 unspecified atom stereocenters. The number of rotatable bonds is 8. The topological polar surface area (TPSA) is 29.5 Å². The second-order valence-corrected chi connectivity index (χ2v) is 5.73. The summed E-state index contributed by atoms with van der Waals surface area (Å²) in [6.45, 7) is 2.24. The lowest BCUT2D eigenvalue weighted by atomic mass is 9.95. The molecule has 0 aliphatic heterocycles. The molecule has 0 radical (unpaired) electrons.